The van der Waals surface area contributed by atoms with Crippen LogP contribution in [0.2, 0.25) is 10.6 Å². The smallest absolute Gasteiger partial charge is 1.00 e. The molecule has 0 radical (unpaired) electrons. The maximum Gasteiger partial charge on any atom is -1.00 e. The summed E-state index contributed by atoms with van der Waals surface area (Å²) in [5.74, 6) is 0. The molecule has 22 heavy (non-hydrogen) atoms. The Bertz CT molecular complexity index is 345. The molecule has 3 heteroatoms. The van der Waals surface area contributed by atoms with E-state index in [-0.39, 0.29) is 12.4 Å². The molecule has 0 saturated heterocycles. The maximum atomic E-state index is 3.87. The largest absolute Gasteiger partial charge is 1.00 e. The van der Waals surface area contributed by atoms with Crippen LogP contribution in [-0.4, -0.2) is 29.4 Å². The van der Waals surface area contributed by atoms with Crippen molar-refractivity contribution in [1.29, 1.82) is 0 Å². The Morgan fingerprint density at radius 1 is 0.773 bits per heavy atom. The molecular weight excluding hydrogens is 318 g/mol. The fraction of sp³-hybridized carbons (Fsp3) is 0.368. The molecule has 0 aromatic carbocycles. The quantitative estimate of drug-likeness (QED) is 0.467. The molecule has 0 atom stereocenters. The topological polar surface area (TPSA) is 0 Å². The van der Waals surface area contributed by atoms with E-state index < -0.39 is 14.1 Å². The molecule has 120 valence electrons. The second-order valence-electron chi connectivity index (χ2n) is 5.30. The third-order valence-corrected chi connectivity index (χ3v) is 5.45. The summed E-state index contributed by atoms with van der Waals surface area (Å²) in [5.41, 5.74) is 3.26. The van der Waals surface area contributed by atoms with E-state index in [0.29, 0.717) is 0 Å². The monoisotopic (exact) mass is 348 g/mol. The molecule has 0 rings (SSSR count). The summed E-state index contributed by atoms with van der Waals surface area (Å²) in [4.78, 5) is 6.75. The minimum atomic E-state index is -1.13. The molecule has 0 aliphatic carbocycles. The van der Waals surface area contributed by atoms with E-state index in [1.165, 1.54) is 10.6 Å². The van der Waals surface area contributed by atoms with Crippen LogP contribution in [0.3, 0.4) is 0 Å². The van der Waals surface area contributed by atoms with E-state index in [9.17, 15) is 0 Å². The number of rotatable bonds is 8. The first kappa shape index (κ1) is 26.7. The summed E-state index contributed by atoms with van der Waals surface area (Å²) in [7, 11) is 0. The summed E-state index contributed by atoms with van der Waals surface area (Å²) in [6.07, 6.45) is 6.26. The van der Waals surface area contributed by atoms with Crippen molar-refractivity contribution in [1.82, 2.24) is 0 Å². The van der Waals surface area contributed by atoms with Crippen LogP contribution in [0.5, 0.6) is 0 Å². The van der Waals surface area contributed by atoms with E-state index in [1.54, 1.807) is 0 Å². The second kappa shape index (κ2) is 18.8. The molecule has 0 nitrogen and oxygen atoms in total. The van der Waals surface area contributed by atoms with E-state index in [4.69, 9.17) is 0 Å². The van der Waals surface area contributed by atoms with Crippen LogP contribution < -0.4 is 12.4 Å². The second-order valence-corrected chi connectivity index (χ2v) is 9.82. The SMILES string of the molecule is C=C(C)C=[CH][Al]([CH]=CC(=C)C)[CH]=CC(=C)C.C[CH2][Al+][CH2]C.[Cl-]. The molecule has 0 fully saturated rings. The molecule has 0 bridgehead atoms. The molecule has 0 aromatic rings. The van der Waals surface area contributed by atoms with Crippen molar-refractivity contribution in [2.75, 3.05) is 0 Å². The van der Waals surface area contributed by atoms with E-state index in [0.717, 1.165) is 31.9 Å². The number of hydrogen-bond donors (Lipinski definition) is 0. The van der Waals surface area contributed by atoms with E-state index in [2.05, 4.69) is 66.6 Å². The standard InChI is InChI=1S/3C5H7.2C2H5.2Al.ClH/c3*1-4-5(2)3;2*1-2;;;/h3*1,4H,2H2,3H3;2*1H2,2H3;;;1H/q;;;;;;+1;/p-1. The fourth-order valence-corrected chi connectivity index (χ4v) is 3.92. The van der Waals surface area contributed by atoms with Gasteiger partial charge in [-0.15, -0.1) is 14.8 Å². The van der Waals surface area contributed by atoms with Crippen molar-refractivity contribution in [2.24, 2.45) is 0 Å². The summed E-state index contributed by atoms with van der Waals surface area (Å²) in [5, 5.41) is 2.85. The Hall–Kier alpha value is -0.205. The normalized spacial score (nSPS) is 9.86. The maximum absolute atomic E-state index is 3.87. The van der Waals surface area contributed by atoms with E-state index in [1.807, 2.05) is 20.8 Å². The molecule has 0 aliphatic heterocycles. The summed E-state index contributed by atoms with van der Waals surface area (Å²) < 4.78 is 0. The number of hydrogen-bond acceptors (Lipinski definition) is 0. The van der Waals surface area contributed by atoms with Crippen LogP contribution in [0.15, 0.2) is 69.5 Å². The van der Waals surface area contributed by atoms with Crippen molar-refractivity contribution in [3.8, 4) is 0 Å². The molecule has 0 N–H and O–H groups in total. The summed E-state index contributed by atoms with van der Waals surface area (Å²) in [6, 6.07) is 0. The molecule has 0 amide bonds. The fourth-order valence-electron chi connectivity index (χ4n) is 1.31. The van der Waals surface area contributed by atoms with Gasteiger partial charge in [0.1, 0.15) is 0 Å². The average Bonchev–Trinajstić information content (AvgIpc) is 2.38. The Labute approximate surface area is 156 Å². The Morgan fingerprint density at radius 2 is 1.05 bits per heavy atom. The van der Waals surface area contributed by atoms with Gasteiger partial charge in [0.2, 0.25) is 0 Å². The first-order valence-electron chi connectivity index (χ1n) is 7.66. The zero-order valence-corrected chi connectivity index (χ0v) is 18.1. The number of allylic oxidation sites excluding steroid dienone is 6. The van der Waals surface area contributed by atoms with Gasteiger partial charge in [-0.05, 0) is 20.8 Å². The van der Waals surface area contributed by atoms with Gasteiger partial charge in [0.25, 0.3) is 0 Å². The predicted molar refractivity (Wildman–Crippen MR) is 104 cm³/mol. The van der Waals surface area contributed by atoms with Gasteiger partial charge in [-0.1, -0.05) is 54.7 Å². The Balaban J connectivity index is -0.000000520. The summed E-state index contributed by atoms with van der Waals surface area (Å²) in [6.45, 7) is 22.1. The zero-order chi connectivity index (χ0) is 16.7. The molecule has 0 spiro atoms. The van der Waals surface area contributed by atoms with Crippen molar-refractivity contribution in [3.05, 3.63) is 69.5 Å². The molecule has 0 aromatic heterocycles. The van der Waals surface area contributed by atoms with E-state index >= 15 is 0 Å². The Kier molecular flexibility index (Phi) is 22.9. The van der Waals surface area contributed by atoms with Gasteiger partial charge >= 0.3 is 53.8 Å². The van der Waals surface area contributed by atoms with Crippen molar-refractivity contribution in [2.45, 2.75) is 45.2 Å². The minimum Gasteiger partial charge on any atom is -1.00 e. The molecule has 0 unspecified atom stereocenters. The van der Waals surface area contributed by atoms with Crippen LogP contribution in [0.25, 0.3) is 0 Å². The molecule has 0 heterocycles. The minimum absolute atomic E-state index is 0. The van der Waals surface area contributed by atoms with Crippen LogP contribution >= 0.6 is 0 Å². The van der Waals surface area contributed by atoms with Crippen molar-refractivity contribution >= 4 is 29.4 Å². The van der Waals surface area contributed by atoms with Crippen LogP contribution in [0.1, 0.15) is 34.6 Å². The third kappa shape index (κ3) is 24.8. The first-order chi connectivity index (χ1) is 9.83. The van der Waals surface area contributed by atoms with Crippen LogP contribution in [0.4, 0.5) is 0 Å². The predicted octanol–water partition coefficient (Wildman–Crippen LogP) is 3.07. The van der Waals surface area contributed by atoms with Crippen molar-refractivity contribution in [3.63, 3.8) is 0 Å². The molecule has 0 saturated carbocycles. The van der Waals surface area contributed by atoms with Gasteiger partial charge in [-0.2, -0.15) is 0 Å². The van der Waals surface area contributed by atoms with Crippen molar-refractivity contribution < 1.29 is 12.4 Å². The Morgan fingerprint density at radius 3 is 1.18 bits per heavy atom. The zero-order valence-electron chi connectivity index (χ0n) is 15.0. The molecule has 0 aliphatic rings. The number of halogens is 1. The van der Waals surface area contributed by atoms with Gasteiger partial charge < -0.3 is 12.4 Å². The van der Waals surface area contributed by atoms with Crippen LogP contribution in [-0.2, 0) is 0 Å². The first-order valence-corrected chi connectivity index (χ1v) is 11.3. The van der Waals surface area contributed by atoms with Gasteiger partial charge in [-0.25, -0.2) is 0 Å². The average molecular weight is 349 g/mol. The molecular formula is C19H31Al2Cl. The van der Waals surface area contributed by atoms with Gasteiger partial charge in [0.05, 0.1) is 0 Å². The van der Waals surface area contributed by atoms with Gasteiger partial charge in [0.15, 0.2) is 0 Å². The van der Waals surface area contributed by atoms with Gasteiger partial charge in [0, 0.05) is 0 Å². The van der Waals surface area contributed by atoms with Gasteiger partial charge in [-0.3, -0.25) is 0 Å². The summed E-state index contributed by atoms with van der Waals surface area (Å²) >= 11 is -0.311. The third-order valence-electron chi connectivity index (χ3n) is 2.39. The van der Waals surface area contributed by atoms with Crippen LogP contribution in [0, 0.1) is 0 Å².